The van der Waals surface area contributed by atoms with Crippen molar-refractivity contribution in [3.05, 3.63) is 16.8 Å². The van der Waals surface area contributed by atoms with E-state index in [0.29, 0.717) is 18.0 Å². The van der Waals surface area contributed by atoms with Gasteiger partial charge in [0, 0.05) is 13.2 Å². The van der Waals surface area contributed by atoms with E-state index in [4.69, 9.17) is 10.00 Å². The first kappa shape index (κ1) is 12.4. The maximum absolute atomic E-state index is 9.08. The number of ether oxygens (including phenoxy) is 1. The molecule has 1 aromatic heterocycles. The van der Waals surface area contributed by atoms with Crippen molar-refractivity contribution in [2.24, 2.45) is 0 Å². The molecule has 0 amide bonds. The van der Waals surface area contributed by atoms with Crippen molar-refractivity contribution < 1.29 is 4.74 Å². The van der Waals surface area contributed by atoms with Crippen molar-refractivity contribution in [1.29, 1.82) is 5.26 Å². The van der Waals surface area contributed by atoms with Crippen LogP contribution in [0.4, 0.5) is 5.82 Å². The predicted molar refractivity (Wildman–Crippen MR) is 61.2 cm³/mol. The van der Waals surface area contributed by atoms with Crippen LogP contribution in [0, 0.1) is 25.2 Å². The number of aromatic nitrogens is 2. The van der Waals surface area contributed by atoms with Crippen molar-refractivity contribution in [1.82, 2.24) is 10.2 Å². The van der Waals surface area contributed by atoms with Crippen molar-refractivity contribution in [2.45, 2.75) is 26.8 Å². The van der Waals surface area contributed by atoms with Crippen molar-refractivity contribution in [3.8, 4) is 6.07 Å². The Labute approximate surface area is 95.4 Å². The molecule has 1 N–H and O–H groups in total. The molecule has 0 bridgehead atoms. The van der Waals surface area contributed by atoms with Crippen LogP contribution in [0.2, 0.25) is 0 Å². The Hall–Kier alpha value is -1.67. The normalized spacial score (nSPS) is 11.9. The smallest absolute Gasteiger partial charge is 0.167 e. The molecule has 0 aliphatic carbocycles. The first-order valence-electron chi connectivity index (χ1n) is 5.09. The van der Waals surface area contributed by atoms with Gasteiger partial charge < -0.3 is 10.1 Å². The van der Waals surface area contributed by atoms with Gasteiger partial charge in [0.1, 0.15) is 11.6 Å². The molecule has 1 heterocycles. The highest BCUT2D eigenvalue weighted by atomic mass is 16.5. The van der Waals surface area contributed by atoms with Gasteiger partial charge in [-0.3, -0.25) is 0 Å². The molecule has 0 aliphatic heterocycles. The van der Waals surface area contributed by atoms with E-state index in [1.165, 1.54) is 0 Å². The van der Waals surface area contributed by atoms with Gasteiger partial charge in [-0.2, -0.15) is 10.4 Å². The molecule has 0 saturated heterocycles. The summed E-state index contributed by atoms with van der Waals surface area (Å²) in [5.74, 6) is 0.523. The third-order valence-electron chi connectivity index (χ3n) is 2.37. The van der Waals surface area contributed by atoms with Crippen LogP contribution in [-0.2, 0) is 4.74 Å². The highest BCUT2D eigenvalue weighted by molar-refractivity contribution is 5.56. The fourth-order valence-corrected chi connectivity index (χ4v) is 1.37. The molecule has 86 valence electrons. The minimum Gasteiger partial charge on any atom is -0.383 e. The lowest BCUT2D eigenvalue weighted by Crippen LogP contribution is -2.22. The molecule has 5 heteroatoms. The van der Waals surface area contributed by atoms with Gasteiger partial charge in [-0.15, -0.1) is 5.10 Å². The Bertz CT molecular complexity index is 411. The molecule has 1 atom stereocenters. The summed E-state index contributed by atoms with van der Waals surface area (Å²) in [6, 6.07) is 2.24. The van der Waals surface area contributed by atoms with Crippen LogP contribution in [0.15, 0.2) is 0 Å². The van der Waals surface area contributed by atoms with Gasteiger partial charge in [0.2, 0.25) is 0 Å². The Morgan fingerprint density at radius 2 is 2.12 bits per heavy atom. The fraction of sp³-hybridized carbons (Fsp3) is 0.545. The number of hydrogen-bond acceptors (Lipinski definition) is 5. The predicted octanol–water partition coefficient (Wildman–Crippen LogP) is 1.41. The lowest BCUT2D eigenvalue weighted by atomic mass is 10.1. The maximum Gasteiger partial charge on any atom is 0.167 e. The van der Waals surface area contributed by atoms with Crippen LogP contribution in [0.25, 0.3) is 0 Å². The summed E-state index contributed by atoms with van der Waals surface area (Å²) >= 11 is 0. The van der Waals surface area contributed by atoms with Crippen LogP contribution in [-0.4, -0.2) is 30.0 Å². The third kappa shape index (κ3) is 2.67. The van der Waals surface area contributed by atoms with E-state index < -0.39 is 0 Å². The standard InChI is InChI=1S/C11H16N4O/c1-7(6-16-4)13-11-10(5-12)8(2)9(3)14-15-11/h7H,6H2,1-4H3,(H,13,15). The minimum absolute atomic E-state index is 0.0912. The number of aryl methyl sites for hydroxylation is 1. The summed E-state index contributed by atoms with van der Waals surface area (Å²) in [4.78, 5) is 0. The number of methoxy groups -OCH3 is 1. The van der Waals surface area contributed by atoms with E-state index in [2.05, 4.69) is 21.6 Å². The van der Waals surface area contributed by atoms with Gasteiger partial charge in [0.25, 0.3) is 0 Å². The summed E-state index contributed by atoms with van der Waals surface area (Å²) in [5.41, 5.74) is 2.20. The molecule has 1 aromatic rings. The monoisotopic (exact) mass is 220 g/mol. The largest absolute Gasteiger partial charge is 0.383 e. The Balaban J connectivity index is 2.97. The van der Waals surface area contributed by atoms with E-state index in [9.17, 15) is 0 Å². The second-order valence-corrected chi connectivity index (χ2v) is 3.75. The molecular weight excluding hydrogens is 204 g/mol. The average molecular weight is 220 g/mol. The lowest BCUT2D eigenvalue weighted by Gasteiger charge is -2.15. The second-order valence-electron chi connectivity index (χ2n) is 3.75. The van der Waals surface area contributed by atoms with E-state index in [1.54, 1.807) is 7.11 Å². The number of nitrogens with one attached hydrogen (secondary N) is 1. The van der Waals surface area contributed by atoms with Gasteiger partial charge in [0.05, 0.1) is 12.3 Å². The van der Waals surface area contributed by atoms with Crippen molar-refractivity contribution in [2.75, 3.05) is 19.0 Å². The molecule has 1 rings (SSSR count). The zero-order chi connectivity index (χ0) is 12.1. The Morgan fingerprint density at radius 1 is 1.44 bits per heavy atom. The van der Waals surface area contributed by atoms with E-state index in [1.807, 2.05) is 20.8 Å². The SMILES string of the molecule is COCC(C)Nc1nnc(C)c(C)c1C#N. The van der Waals surface area contributed by atoms with Crippen LogP contribution in [0.3, 0.4) is 0 Å². The first-order chi connectivity index (χ1) is 7.60. The van der Waals surface area contributed by atoms with Gasteiger partial charge in [-0.25, -0.2) is 0 Å². The minimum atomic E-state index is 0.0912. The second kappa shape index (κ2) is 5.42. The molecule has 0 aliphatic rings. The summed E-state index contributed by atoms with van der Waals surface area (Å²) in [6.07, 6.45) is 0. The molecular formula is C11H16N4O. The molecule has 0 aromatic carbocycles. The van der Waals surface area contributed by atoms with Crippen molar-refractivity contribution >= 4 is 5.82 Å². The maximum atomic E-state index is 9.08. The molecule has 0 saturated carbocycles. The number of nitrogens with zero attached hydrogens (tertiary/aromatic N) is 3. The van der Waals surface area contributed by atoms with E-state index in [0.717, 1.165) is 11.3 Å². The third-order valence-corrected chi connectivity index (χ3v) is 2.37. The van der Waals surface area contributed by atoms with Gasteiger partial charge in [-0.1, -0.05) is 0 Å². The van der Waals surface area contributed by atoms with Crippen LogP contribution in [0.1, 0.15) is 23.7 Å². The van der Waals surface area contributed by atoms with E-state index in [-0.39, 0.29) is 6.04 Å². The van der Waals surface area contributed by atoms with Gasteiger partial charge in [-0.05, 0) is 26.3 Å². The average Bonchev–Trinajstić information content (AvgIpc) is 2.24. The number of anilines is 1. The summed E-state index contributed by atoms with van der Waals surface area (Å²) in [6.45, 7) is 6.22. The topological polar surface area (TPSA) is 70.8 Å². The summed E-state index contributed by atoms with van der Waals surface area (Å²) < 4.78 is 5.01. The van der Waals surface area contributed by atoms with Gasteiger partial charge >= 0.3 is 0 Å². The molecule has 1 unspecified atom stereocenters. The highest BCUT2D eigenvalue weighted by Crippen LogP contribution is 2.17. The fourth-order valence-electron chi connectivity index (χ4n) is 1.37. The van der Waals surface area contributed by atoms with Gasteiger partial charge in [0.15, 0.2) is 5.82 Å². The molecule has 0 spiro atoms. The Morgan fingerprint density at radius 3 is 2.69 bits per heavy atom. The molecule has 0 radical (unpaired) electrons. The quantitative estimate of drug-likeness (QED) is 0.830. The molecule has 0 fully saturated rings. The summed E-state index contributed by atoms with van der Waals surface area (Å²) in [5, 5.41) is 20.2. The molecule has 5 nitrogen and oxygen atoms in total. The van der Waals surface area contributed by atoms with Crippen molar-refractivity contribution in [3.63, 3.8) is 0 Å². The van der Waals surface area contributed by atoms with Crippen LogP contribution in [0.5, 0.6) is 0 Å². The Kier molecular flexibility index (Phi) is 4.20. The zero-order valence-corrected chi connectivity index (χ0v) is 10.0. The number of rotatable bonds is 4. The first-order valence-corrected chi connectivity index (χ1v) is 5.09. The summed E-state index contributed by atoms with van der Waals surface area (Å²) in [7, 11) is 1.63. The molecule has 16 heavy (non-hydrogen) atoms. The van der Waals surface area contributed by atoms with E-state index >= 15 is 0 Å². The zero-order valence-electron chi connectivity index (χ0n) is 10.0. The van der Waals surface area contributed by atoms with Crippen LogP contribution >= 0.6 is 0 Å². The highest BCUT2D eigenvalue weighted by Gasteiger charge is 2.12. The van der Waals surface area contributed by atoms with Crippen LogP contribution < -0.4 is 5.32 Å². The number of nitriles is 1. The number of hydrogen-bond donors (Lipinski definition) is 1. The lowest BCUT2D eigenvalue weighted by molar-refractivity contribution is 0.190.